The lowest BCUT2D eigenvalue weighted by Crippen LogP contribution is -2.20. The van der Waals surface area contributed by atoms with Gasteiger partial charge in [0.1, 0.15) is 0 Å². The first kappa shape index (κ1) is 13.8. The van der Waals surface area contributed by atoms with Gasteiger partial charge in [-0.15, -0.1) is 0 Å². The fourth-order valence-corrected chi connectivity index (χ4v) is 2.79. The summed E-state index contributed by atoms with van der Waals surface area (Å²) in [4.78, 5) is 4.53. The van der Waals surface area contributed by atoms with E-state index in [1.807, 2.05) is 13.2 Å². The van der Waals surface area contributed by atoms with Crippen molar-refractivity contribution >= 4 is 15.9 Å². The van der Waals surface area contributed by atoms with Crippen LogP contribution in [0.1, 0.15) is 50.3 Å². The third-order valence-electron chi connectivity index (χ3n) is 3.53. The minimum atomic E-state index is 0.274. The van der Waals surface area contributed by atoms with Crippen LogP contribution in [0.2, 0.25) is 0 Å². The lowest BCUT2D eigenvalue weighted by atomic mass is 9.93. The van der Waals surface area contributed by atoms with E-state index >= 15 is 0 Å². The lowest BCUT2D eigenvalue weighted by molar-refractivity contribution is 0.567. The van der Waals surface area contributed by atoms with E-state index in [0.717, 1.165) is 10.2 Å². The highest BCUT2D eigenvalue weighted by Crippen LogP contribution is 2.27. The van der Waals surface area contributed by atoms with E-state index in [0.29, 0.717) is 0 Å². The van der Waals surface area contributed by atoms with Gasteiger partial charge in [-0.2, -0.15) is 0 Å². The molecule has 0 amide bonds. The van der Waals surface area contributed by atoms with Crippen LogP contribution in [0, 0.1) is 0 Å². The molecular formula is C15H21BrN2. The molecule has 2 rings (SSSR count). The Morgan fingerprint density at radius 3 is 2.78 bits per heavy atom. The van der Waals surface area contributed by atoms with Gasteiger partial charge < -0.3 is 5.32 Å². The summed E-state index contributed by atoms with van der Waals surface area (Å²) in [6.07, 6.45) is 12.1. The van der Waals surface area contributed by atoms with Crippen molar-refractivity contribution in [3.63, 3.8) is 0 Å². The number of aromatic nitrogens is 1. The second-order valence-electron chi connectivity index (χ2n) is 4.85. The van der Waals surface area contributed by atoms with Crippen molar-refractivity contribution in [1.29, 1.82) is 0 Å². The summed E-state index contributed by atoms with van der Waals surface area (Å²) in [5.41, 5.74) is 2.62. The molecule has 1 heterocycles. The summed E-state index contributed by atoms with van der Waals surface area (Å²) in [5, 5.41) is 3.41. The van der Waals surface area contributed by atoms with Crippen LogP contribution < -0.4 is 5.32 Å². The van der Waals surface area contributed by atoms with Crippen LogP contribution in [0.25, 0.3) is 0 Å². The lowest BCUT2D eigenvalue weighted by Gasteiger charge is -2.21. The fourth-order valence-electron chi connectivity index (χ4n) is 2.56. The monoisotopic (exact) mass is 308 g/mol. The topological polar surface area (TPSA) is 24.9 Å². The Bertz CT molecular complexity index is 397. The quantitative estimate of drug-likeness (QED) is 0.838. The van der Waals surface area contributed by atoms with Gasteiger partial charge >= 0.3 is 0 Å². The Labute approximate surface area is 118 Å². The van der Waals surface area contributed by atoms with Gasteiger partial charge in [0, 0.05) is 10.7 Å². The average molecular weight is 309 g/mol. The molecule has 1 aliphatic carbocycles. The maximum Gasteiger partial charge on any atom is 0.0708 e. The molecule has 0 fully saturated rings. The van der Waals surface area contributed by atoms with Gasteiger partial charge in [0.15, 0.2) is 0 Å². The zero-order valence-corrected chi connectivity index (χ0v) is 12.5. The number of nitrogens with one attached hydrogen (secondary N) is 1. The predicted octanol–water partition coefficient (Wildman–Crippen LogP) is 4.39. The molecule has 0 spiro atoms. The molecule has 2 nitrogen and oxygen atoms in total. The molecule has 1 atom stereocenters. The molecule has 18 heavy (non-hydrogen) atoms. The van der Waals surface area contributed by atoms with E-state index in [1.54, 1.807) is 0 Å². The summed E-state index contributed by atoms with van der Waals surface area (Å²) in [6.45, 7) is 0. The zero-order valence-electron chi connectivity index (χ0n) is 11.0. The number of hydrogen-bond acceptors (Lipinski definition) is 2. The predicted molar refractivity (Wildman–Crippen MR) is 79.5 cm³/mol. The summed E-state index contributed by atoms with van der Waals surface area (Å²) < 4.78 is 1.03. The zero-order chi connectivity index (χ0) is 12.8. The smallest absolute Gasteiger partial charge is 0.0708 e. The molecule has 0 aliphatic heterocycles. The van der Waals surface area contributed by atoms with Gasteiger partial charge in [-0.3, -0.25) is 4.98 Å². The van der Waals surface area contributed by atoms with Crippen LogP contribution in [-0.2, 0) is 0 Å². The van der Waals surface area contributed by atoms with Gasteiger partial charge in [-0.1, -0.05) is 24.5 Å². The highest BCUT2D eigenvalue weighted by molar-refractivity contribution is 9.10. The summed E-state index contributed by atoms with van der Waals surface area (Å²) in [7, 11) is 2.02. The third-order valence-corrected chi connectivity index (χ3v) is 4.00. The first-order valence-corrected chi connectivity index (χ1v) is 7.58. The van der Waals surface area contributed by atoms with Gasteiger partial charge in [-0.05, 0) is 60.8 Å². The number of halogens is 1. The van der Waals surface area contributed by atoms with Crippen LogP contribution in [0.3, 0.4) is 0 Å². The molecule has 98 valence electrons. The Morgan fingerprint density at radius 2 is 2.06 bits per heavy atom. The molecule has 1 aromatic heterocycles. The van der Waals surface area contributed by atoms with E-state index in [9.17, 15) is 0 Å². The Balaban J connectivity index is 2.18. The summed E-state index contributed by atoms with van der Waals surface area (Å²) in [6, 6.07) is 4.44. The van der Waals surface area contributed by atoms with Gasteiger partial charge in [-0.25, -0.2) is 0 Å². The number of allylic oxidation sites excluding steroid dienone is 1. The largest absolute Gasteiger partial charge is 0.308 e. The highest BCUT2D eigenvalue weighted by atomic mass is 79.9. The van der Waals surface area contributed by atoms with Gasteiger partial charge in [0.2, 0.25) is 0 Å². The number of nitrogens with zero attached hydrogens (tertiary/aromatic N) is 1. The molecule has 3 heteroatoms. The maximum absolute atomic E-state index is 4.53. The fraction of sp³-hybridized carbons (Fsp3) is 0.533. The first-order chi connectivity index (χ1) is 8.81. The third kappa shape index (κ3) is 3.66. The van der Waals surface area contributed by atoms with Crippen molar-refractivity contribution in [3.8, 4) is 0 Å². The van der Waals surface area contributed by atoms with Crippen molar-refractivity contribution in [2.24, 2.45) is 0 Å². The average Bonchev–Trinajstić information content (AvgIpc) is 2.34. The van der Waals surface area contributed by atoms with E-state index in [2.05, 4.69) is 44.4 Å². The Hall–Kier alpha value is -0.670. The molecule has 0 radical (unpaired) electrons. The van der Waals surface area contributed by atoms with Crippen LogP contribution >= 0.6 is 15.9 Å². The highest BCUT2D eigenvalue weighted by Gasteiger charge is 2.16. The molecule has 1 N–H and O–H groups in total. The van der Waals surface area contributed by atoms with E-state index < -0.39 is 0 Å². The molecule has 0 aromatic carbocycles. The van der Waals surface area contributed by atoms with Crippen molar-refractivity contribution in [3.05, 3.63) is 40.1 Å². The van der Waals surface area contributed by atoms with Crippen LogP contribution in [0.4, 0.5) is 0 Å². The second kappa shape index (κ2) is 7.05. The van der Waals surface area contributed by atoms with E-state index in [1.165, 1.54) is 44.1 Å². The minimum Gasteiger partial charge on any atom is -0.308 e. The normalized spacial score (nSPS) is 21.6. The number of hydrogen-bond donors (Lipinski definition) is 1. The molecular weight excluding hydrogens is 288 g/mol. The van der Waals surface area contributed by atoms with E-state index in [4.69, 9.17) is 0 Å². The molecule has 0 bridgehead atoms. The van der Waals surface area contributed by atoms with Crippen molar-refractivity contribution in [2.75, 3.05) is 7.05 Å². The van der Waals surface area contributed by atoms with Crippen LogP contribution in [-0.4, -0.2) is 12.0 Å². The Kier molecular flexibility index (Phi) is 5.39. The van der Waals surface area contributed by atoms with Gasteiger partial charge in [0.05, 0.1) is 11.7 Å². The first-order valence-electron chi connectivity index (χ1n) is 6.79. The van der Waals surface area contributed by atoms with Crippen LogP contribution in [0.15, 0.2) is 34.5 Å². The van der Waals surface area contributed by atoms with Gasteiger partial charge in [0.25, 0.3) is 0 Å². The number of pyridine rings is 1. The van der Waals surface area contributed by atoms with E-state index in [-0.39, 0.29) is 6.04 Å². The Morgan fingerprint density at radius 1 is 1.22 bits per heavy atom. The van der Waals surface area contributed by atoms with Crippen molar-refractivity contribution in [2.45, 2.75) is 44.6 Å². The summed E-state index contributed by atoms with van der Waals surface area (Å²) >= 11 is 3.44. The standard InChI is InChI=1S/C15H21BrN2/c1-17-15(14-10-9-13(16)11-18-14)12-7-5-3-2-4-6-8-12/h7,9-11,15,17H,2-6,8H2,1H3/b12-7+. The van der Waals surface area contributed by atoms with Crippen LogP contribution in [0.5, 0.6) is 0 Å². The minimum absolute atomic E-state index is 0.274. The molecule has 1 aromatic rings. The van der Waals surface area contributed by atoms with Crippen molar-refractivity contribution < 1.29 is 0 Å². The number of rotatable bonds is 3. The second-order valence-corrected chi connectivity index (χ2v) is 5.77. The summed E-state index contributed by atoms with van der Waals surface area (Å²) in [5.74, 6) is 0. The number of likely N-dealkylation sites (N-methyl/N-ethyl adjacent to an activating group) is 1. The molecule has 1 unspecified atom stereocenters. The van der Waals surface area contributed by atoms with Crippen molar-refractivity contribution in [1.82, 2.24) is 10.3 Å². The molecule has 0 saturated carbocycles. The SMILES string of the molecule is CNC(/C1=C/CCCCCC1)c1ccc(Br)cn1. The maximum atomic E-state index is 4.53. The molecule has 1 aliphatic rings. The molecule has 0 saturated heterocycles.